The monoisotopic (exact) mass is 351 g/mol. The molecule has 0 aliphatic rings. The lowest BCUT2D eigenvalue weighted by atomic mass is 10.1. The maximum Gasteiger partial charge on any atom is 0.237 e. The topological polar surface area (TPSA) is 68.0 Å². The molecule has 1 heterocycles. The van der Waals surface area contributed by atoms with Gasteiger partial charge in [-0.3, -0.25) is 4.79 Å². The number of nitrogens with two attached hydrogens (primary N) is 1. The van der Waals surface area contributed by atoms with Crippen LogP contribution in [-0.2, 0) is 4.79 Å². The molecule has 4 nitrogen and oxygen atoms in total. The summed E-state index contributed by atoms with van der Waals surface area (Å²) in [6, 6.07) is 7.04. The number of carbonyl (C=O) groups is 1. The van der Waals surface area contributed by atoms with Gasteiger partial charge >= 0.3 is 0 Å². The smallest absolute Gasteiger partial charge is 0.237 e. The molecule has 0 saturated carbocycles. The first-order valence-electron chi connectivity index (χ1n) is 7.71. The van der Waals surface area contributed by atoms with Crippen LogP contribution in [0.1, 0.15) is 43.3 Å². The van der Waals surface area contributed by atoms with Crippen LogP contribution in [0.5, 0.6) is 0 Å². The third-order valence-corrected chi connectivity index (χ3v) is 5.25. The second-order valence-electron chi connectivity index (χ2n) is 5.60. The van der Waals surface area contributed by atoms with Crippen LogP contribution in [0.3, 0.4) is 0 Å². The van der Waals surface area contributed by atoms with E-state index >= 15 is 0 Å². The molecule has 1 amide bonds. The highest BCUT2D eigenvalue weighted by atomic mass is 35.5. The quantitative estimate of drug-likeness (QED) is 0.824. The zero-order valence-corrected chi connectivity index (χ0v) is 15.2. The van der Waals surface area contributed by atoms with E-state index in [0.29, 0.717) is 11.4 Å². The van der Waals surface area contributed by atoms with Crippen molar-refractivity contribution in [3.63, 3.8) is 0 Å². The van der Waals surface area contributed by atoms with Crippen LogP contribution in [0.4, 0.5) is 0 Å². The minimum Gasteiger partial charge on any atom is -0.347 e. The number of aryl methyl sites for hydroxylation is 1. The average molecular weight is 352 g/mol. The largest absolute Gasteiger partial charge is 0.347 e. The van der Waals surface area contributed by atoms with Gasteiger partial charge in [-0.15, -0.1) is 11.3 Å². The molecule has 3 N–H and O–H groups in total. The van der Waals surface area contributed by atoms with E-state index in [9.17, 15) is 4.79 Å². The van der Waals surface area contributed by atoms with Crippen molar-refractivity contribution < 1.29 is 4.79 Å². The van der Waals surface area contributed by atoms with E-state index in [0.717, 1.165) is 27.6 Å². The van der Waals surface area contributed by atoms with Gasteiger partial charge in [-0.2, -0.15) is 0 Å². The molecule has 0 saturated heterocycles. The van der Waals surface area contributed by atoms with Crippen molar-refractivity contribution in [1.29, 1.82) is 0 Å². The highest BCUT2D eigenvalue weighted by Gasteiger charge is 2.20. The Kier molecular flexibility index (Phi) is 6.16. The van der Waals surface area contributed by atoms with Gasteiger partial charge in [0.2, 0.25) is 5.91 Å². The summed E-state index contributed by atoms with van der Waals surface area (Å²) >= 11 is 7.51. The molecule has 23 heavy (non-hydrogen) atoms. The van der Waals surface area contributed by atoms with E-state index < -0.39 is 6.04 Å². The normalized spacial score (nSPS) is 13.6. The van der Waals surface area contributed by atoms with Crippen LogP contribution in [-0.4, -0.2) is 16.9 Å². The minimum atomic E-state index is -0.452. The van der Waals surface area contributed by atoms with Crippen molar-refractivity contribution in [1.82, 2.24) is 10.3 Å². The molecule has 124 valence electrons. The van der Waals surface area contributed by atoms with Gasteiger partial charge < -0.3 is 11.1 Å². The first kappa shape index (κ1) is 17.9. The van der Waals surface area contributed by atoms with Crippen molar-refractivity contribution in [3.05, 3.63) is 39.9 Å². The Morgan fingerprint density at radius 3 is 2.65 bits per heavy atom. The Bertz CT molecular complexity index is 669. The van der Waals surface area contributed by atoms with Gasteiger partial charge in [0.15, 0.2) is 0 Å². The van der Waals surface area contributed by atoms with E-state index in [1.165, 1.54) is 0 Å². The summed E-state index contributed by atoms with van der Waals surface area (Å²) in [7, 11) is 0. The van der Waals surface area contributed by atoms with Crippen molar-refractivity contribution in [2.45, 2.75) is 45.7 Å². The number of halogens is 1. The molecule has 1 aromatic heterocycles. The van der Waals surface area contributed by atoms with Gasteiger partial charge in [-0.05, 0) is 32.4 Å². The molecule has 1 aromatic carbocycles. The summed E-state index contributed by atoms with van der Waals surface area (Å²) in [5.41, 5.74) is 7.82. The fraction of sp³-hybridized carbons (Fsp3) is 0.412. The lowest BCUT2D eigenvalue weighted by Gasteiger charge is -2.16. The summed E-state index contributed by atoms with van der Waals surface area (Å²) in [5, 5.41) is 4.61. The molecule has 0 spiro atoms. The second kappa shape index (κ2) is 7.90. The lowest BCUT2D eigenvalue weighted by molar-refractivity contribution is -0.123. The lowest BCUT2D eigenvalue weighted by Crippen LogP contribution is -2.41. The molecule has 2 aromatic rings. The maximum atomic E-state index is 12.1. The van der Waals surface area contributed by atoms with Crippen LogP contribution >= 0.6 is 22.9 Å². The second-order valence-corrected chi connectivity index (χ2v) is 7.07. The Morgan fingerprint density at radius 2 is 2.04 bits per heavy atom. The summed E-state index contributed by atoms with van der Waals surface area (Å²) in [6.45, 7) is 5.94. The van der Waals surface area contributed by atoms with Crippen molar-refractivity contribution in [2.24, 2.45) is 5.73 Å². The van der Waals surface area contributed by atoms with Gasteiger partial charge in [-0.1, -0.05) is 37.1 Å². The van der Waals surface area contributed by atoms with Crippen LogP contribution in [0, 0.1) is 6.92 Å². The van der Waals surface area contributed by atoms with E-state index in [1.54, 1.807) is 11.3 Å². The maximum absolute atomic E-state index is 12.1. The Hall–Kier alpha value is -1.43. The van der Waals surface area contributed by atoms with Crippen LogP contribution in [0.2, 0.25) is 5.02 Å². The first-order chi connectivity index (χ1) is 10.9. The highest BCUT2D eigenvalue weighted by molar-refractivity contribution is 7.15. The van der Waals surface area contributed by atoms with E-state index in [1.807, 2.05) is 45.0 Å². The summed E-state index contributed by atoms with van der Waals surface area (Å²) < 4.78 is 0. The predicted molar refractivity (Wildman–Crippen MR) is 96.7 cm³/mol. The fourth-order valence-electron chi connectivity index (χ4n) is 2.35. The molecule has 6 heteroatoms. The molecular weight excluding hydrogens is 330 g/mol. The SMILES string of the molecule is CCCC(N)C(=O)NC(C)c1sc(-c2ccc(Cl)cc2)nc1C. The van der Waals surface area contributed by atoms with Crippen LogP contribution in [0.15, 0.2) is 24.3 Å². The van der Waals surface area contributed by atoms with E-state index in [-0.39, 0.29) is 11.9 Å². The zero-order valence-electron chi connectivity index (χ0n) is 13.6. The number of thiazole rings is 1. The molecular formula is C17H22ClN3OS. The third kappa shape index (κ3) is 4.53. The standard InChI is InChI=1S/C17H22ClN3OS/c1-4-5-14(19)16(22)20-10(2)15-11(3)21-17(23-15)12-6-8-13(18)9-7-12/h6-10,14H,4-5,19H2,1-3H3,(H,20,22). The number of carbonyl (C=O) groups excluding carboxylic acids is 1. The van der Waals surface area contributed by atoms with Crippen molar-refractivity contribution >= 4 is 28.8 Å². The Balaban J connectivity index is 2.14. The first-order valence-corrected chi connectivity index (χ1v) is 8.91. The van der Waals surface area contributed by atoms with Gasteiger partial charge in [-0.25, -0.2) is 4.98 Å². The number of amides is 1. The number of hydrogen-bond donors (Lipinski definition) is 2. The number of nitrogens with one attached hydrogen (secondary N) is 1. The number of hydrogen-bond acceptors (Lipinski definition) is 4. The molecule has 0 bridgehead atoms. The third-order valence-electron chi connectivity index (χ3n) is 3.61. The Morgan fingerprint density at radius 1 is 1.39 bits per heavy atom. The van der Waals surface area contributed by atoms with Crippen molar-refractivity contribution in [3.8, 4) is 10.6 Å². The molecule has 0 radical (unpaired) electrons. The highest BCUT2D eigenvalue weighted by Crippen LogP contribution is 2.32. The van der Waals surface area contributed by atoms with Gasteiger partial charge in [0, 0.05) is 10.6 Å². The summed E-state index contributed by atoms with van der Waals surface area (Å²) in [5.74, 6) is -0.111. The van der Waals surface area contributed by atoms with Gasteiger partial charge in [0.1, 0.15) is 5.01 Å². The Labute approximate surface area is 146 Å². The van der Waals surface area contributed by atoms with Crippen LogP contribution in [0.25, 0.3) is 10.6 Å². The minimum absolute atomic E-state index is 0.107. The van der Waals surface area contributed by atoms with Gasteiger partial charge in [0.05, 0.1) is 22.7 Å². The molecule has 2 unspecified atom stereocenters. The molecule has 2 rings (SSSR count). The molecule has 0 fully saturated rings. The molecule has 0 aliphatic heterocycles. The van der Waals surface area contributed by atoms with Crippen LogP contribution < -0.4 is 11.1 Å². The molecule has 2 atom stereocenters. The van der Waals surface area contributed by atoms with Gasteiger partial charge in [0.25, 0.3) is 0 Å². The van der Waals surface area contributed by atoms with E-state index in [4.69, 9.17) is 17.3 Å². The number of aromatic nitrogens is 1. The fourth-order valence-corrected chi connectivity index (χ4v) is 3.55. The number of rotatable bonds is 6. The average Bonchev–Trinajstić information content (AvgIpc) is 2.90. The molecule has 0 aliphatic carbocycles. The number of nitrogens with zero attached hydrogens (tertiary/aromatic N) is 1. The van der Waals surface area contributed by atoms with E-state index in [2.05, 4.69) is 10.3 Å². The predicted octanol–water partition coefficient (Wildman–Crippen LogP) is 4.08. The van der Waals surface area contributed by atoms with Crippen molar-refractivity contribution in [2.75, 3.05) is 0 Å². The zero-order chi connectivity index (χ0) is 17.0. The summed E-state index contributed by atoms with van der Waals surface area (Å²) in [6.07, 6.45) is 1.58. The summed E-state index contributed by atoms with van der Waals surface area (Å²) in [4.78, 5) is 17.7. The number of benzene rings is 1.